The van der Waals surface area contributed by atoms with E-state index < -0.39 is 6.10 Å². The Morgan fingerprint density at radius 2 is 0.478 bits per heavy atom. The summed E-state index contributed by atoms with van der Waals surface area (Å²) in [7, 11) is 0. The van der Waals surface area contributed by atoms with Crippen molar-refractivity contribution in [1.29, 1.82) is 0 Å². The van der Waals surface area contributed by atoms with Gasteiger partial charge in [0.15, 0.2) is 6.10 Å². The third-order valence-electron chi connectivity index (χ3n) is 14.3. The maximum atomic E-state index is 12.7. The van der Waals surface area contributed by atoms with E-state index in [-0.39, 0.29) is 31.1 Å². The minimum atomic E-state index is -0.760. The van der Waals surface area contributed by atoms with Gasteiger partial charge in [-0.2, -0.15) is 0 Å². The van der Waals surface area contributed by atoms with Gasteiger partial charge in [-0.25, -0.2) is 0 Å². The number of rotatable bonds is 58. The first-order valence-corrected chi connectivity index (χ1v) is 31.2. The zero-order chi connectivity index (χ0) is 50.0. The molecule has 0 bridgehead atoms. The highest BCUT2D eigenvalue weighted by Gasteiger charge is 2.19. The van der Waals surface area contributed by atoms with E-state index in [4.69, 9.17) is 14.2 Å². The van der Waals surface area contributed by atoms with Gasteiger partial charge < -0.3 is 14.2 Å². The first-order chi connectivity index (χ1) is 34.0. The fourth-order valence-corrected chi connectivity index (χ4v) is 9.56. The Hall–Kier alpha value is -1.85. The second-order valence-corrected chi connectivity index (χ2v) is 21.3. The Balaban J connectivity index is 3.85. The van der Waals surface area contributed by atoms with Gasteiger partial charge in [0.05, 0.1) is 0 Å². The maximum absolute atomic E-state index is 12.7. The van der Waals surface area contributed by atoms with E-state index in [9.17, 15) is 14.4 Å². The van der Waals surface area contributed by atoms with Gasteiger partial charge in [-0.15, -0.1) is 0 Å². The molecule has 0 saturated carbocycles. The number of ether oxygens (including phenoxy) is 3. The summed E-state index contributed by atoms with van der Waals surface area (Å²) in [6, 6.07) is 0. The molecule has 0 heterocycles. The van der Waals surface area contributed by atoms with Crippen LogP contribution in [-0.2, 0) is 28.6 Å². The van der Waals surface area contributed by atoms with Crippen LogP contribution in [0.4, 0.5) is 0 Å². The molecule has 408 valence electrons. The van der Waals surface area contributed by atoms with E-state index in [0.717, 1.165) is 57.8 Å². The molecular formula is C63H120O6. The third kappa shape index (κ3) is 56.9. The molecule has 0 aromatic heterocycles. The molecule has 0 fully saturated rings. The molecule has 6 heteroatoms. The van der Waals surface area contributed by atoms with Crippen molar-refractivity contribution in [2.24, 2.45) is 0 Å². The van der Waals surface area contributed by atoms with Gasteiger partial charge in [0, 0.05) is 19.3 Å². The number of allylic oxidation sites excluding steroid dienone is 2. The van der Waals surface area contributed by atoms with Crippen molar-refractivity contribution in [2.45, 2.75) is 361 Å². The summed E-state index contributed by atoms with van der Waals surface area (Å²) in [5, 5.41) is 0. The van der Waals surface area contributed by atoms with Crippen molar-refractivity contribution in [2.75, 3.05) is 13.2 Å². The van der Waals surface area contributed by atoms with Crippen molar-refractivity contribution in [3.63, 3.8) is 0 Å². The summed E-state index contributed by atoms with van der Waals surface area (Å²) in [6.45, 7) is 6.62. The molecule has 0 aliphatic heterocycles. The molecule has 0 aromatic carbocycles. The van der Waals surface area contributed by atoms with Gasteiger partial charge in [-0.3, -0.25) is 14.4 Å². The number of esters is 3. The highest BCUT2D eigenvalue weighted by molar-refractivity contribution is 5.71. The fourth-order valence-electron chi connectivity index (χ4n) is 9.56. The first kappa shape index (κ1) is 67.1. The van der Waals surface area contributed by atoms with Crippen LogP contribution in [0.5, 0.6) is 0 Å². The van der Waals surface area contributed by atoms with Gasteiger partial charge in [-0.1, -0.05) is 303 Å². The highest BCUT2D eigenvalue weighted by atomic mass is 16.6. The fraction of sp³-hybridized carbons (Fsp3) is 0.921. The Bertz CT molecular complexity index is 1070. The van der Waals surface area contributed by atoms with Crippen molar-refractivity contribution >= 4 is 17.9 Å². The molecular weight excluding hydrogens is 853 g/mol. The van der Waals surface area contributed by atoms with Crippen molar-refractivity contribution < 1.29 is 28.6 Å². The second kappa shape index (κ2) is 58.7. The Kier molecular flexibility index (Phi) is 57.1. The Morgan fingerprint density at radius 3 is 0.725 bits per heavy atom. The van der Waals surface area contributed by atoms with Crippen LogP contribution >= 0.6 is 0 Å². The van der Waals surface area contributed by atoms with E-state index in [2.05, 4.69) is 32.9 Å². The van der Waals surface area contributed by atoms with Crippen molar-refractivity contribution in [3.8, 4) is 0 Å². The lowest BCUT2D eigenvalue weighted by Crippen LogP contribution is -2.30. The third-order valence-corrected chi connectivity index (χ3v) is 14.3. The standard InChI is InChI=1S/C63H120O6/c1-4-7-10-13-16-18-20-22-23-24-25-26-27-28-29-30-31-32-33-34-35-36-37-38-39-40-41-42-44-45-47-50-53-56-62(65)68-59-60(58-67-61(64)55-52-49-15-12-9-6-3)69-63(66)57-54-51-48-46-43-21-19-17-14-11-8-5-2/h24-25,60H,4-23,26-59H2,1-3H3/b25-24-. The van der Waals surface area contributed by atoms with Gasteiger partial charge in [0.25, 0.3) is 0 Å². The number of carbonyl (C=O) groups is 3. The SMILES string of the molecule is CCCCCCCCCC/C=C\CCCCCCCCCCCCCCCCCCCCCCCC(=O)OCC(COC(=O)CCCCCCCC)OC(=O)CCCCCCCCCCCCCC. The van der Waals surface area contributed by atoms with Gasteiger partial charge >= 0.3 is 17.9 Å². The normalized spacial score (nSPS) is 12.0. The predicted octanol–water partition coefficient (Wildman–Crippen LogP) is 20.9. The lowest BCUT2D eigenvalue weighted by atomic mass is 10.0. The van der Waals surface area contributed by atoms with E-state index in [1.165, 1.54) is 257 Å². The highest BCUT2D eigenvalue weighted by Crippen LogP contribution is 2.18. The molecule has 69 heavy (non-hydrogen) atoms. The summed E-state index contributed by atoms with van der Waals surface area (Å²) in [6.07, 6.45) is 68.5. The zero-order valence-corrected chi connectivity index (χ0v) is 46.9. The maximum Gasteiger partial charge on any atom is 0.306 e. The molecule has 0 aromatic rings. The van der Waals surface area contributed by atoms with E-state index in [0.29, 0.717) is 19.3 Å². The van der Waals surface area contributed by atoms with Crippen LogP contribution in [0.15, 0.2) is 12.2 Å². The second-order valence-electron chi connectivity index (χ2n) is 21.3. The molecule has 1 atom stereocenters. The minimum Gasteiger partial charge on any atom is -0.462 e. The molecule has 6 nitrogen and oxygen atoms in total. The van der Waals surface area contributed by atoms with E-state index in [1.807, 2.05) is 0 Å². The van der Waals surface area contributed by atoms with Crippen molar-refractivity contribution in [1.82, 2.24) is 0 Å². The number of hydrogen-bond acceptors (Lipinski definition) is 6. The zero-order valence-electron chi connectivity index (χ0n) is 46.9. The number of hydrogen-bond donors (Lipinski definition) is 0. The first-order valence-electron chi connectivity index (χ1n) is 31.2. The quantitative estimate of drug-likeness (QED) is 0.0261. The lowest BCUT2D eigenvalue weighted by Gasteiger charge is -2.18. The van der Waals surface area contributed by atoms with Crippen LogP contribution in [0.2, 0.25) is 0 Å². The molecule has 0 amide bonds. The Morgan fingerprint density at radius 1 is 0.275 bits per heavy atom. The average molecular weight is 974 g/mol. The topological polar surface area (TPSA) is 78.9 Å². The summed E-state index contributed by atoms with van der Waals surface area (Å²) in [5.41, 5.74) is 0. The molecule has 0 radical (unpaired) electrons. The molecule has 1 unspecified atom stereocenters. The van der Waals surface area contributed by atoms with Crippen molar-refractivity contribution in [3.05, 3.63) is 12.2 Å². The summed E-state index contributed by atoms with van der Waals surface area (Å²) >= 11 is 0. The molecule has 0 aliphatic rings. The van der Waals surface area contributed by atoms with Crippen LogP contribution < -0.4 is 0 Å². The van der Waals surface area contributed by atoms with Gasteiger partial charge in [0.1, 0.15) is 13.2 Å². The van der Waals surface area contributed by atoms with Gasteiger partial charge in [0.2, 0.25) is 0 Å². The number of unbranched alkanes of at least 4 members (excludes halogenated alkanes) is 45. The van der Waals surface area contributed by atoms with E-state index in [1.54, 1.807) is 0 Å². The molecule has 0 spiro atoms. The van der Waals surface area contributed by atoms with Crippen LogP contribution in [0.25, 0.3) is 0 Å². The Labute approximate surface area is 431 Å². The molecule has 0 N–H and O–H groups in total. The van der Waals surface area contributed by atoms with Gasteiger partial charge in [-0.05, 0) is 44.9 Å². The average Bonchev–Trinajstić information content (AvgIpc) is 3.35. The molecule has 0 saturated heterocycles. The van der Waals surface area contributed by atoms with Crippen LogP contribution in [0.3, 0.4) is 0 Å². The summed E-state index contributed by atoms with van der Waals surface area (Å²) in [5.74, 6) is -0.853. The molecule has 0 aliphatic carbocycles. The largest absolute Gasteiger partial charge is 0.462 e. The van der Waals surface area contributed by atoms with Crippen LogP contribution in [-0.4, -0.2) is 37.2 Å². The lowest BCUT2D eigenvalue weighted by molar-refractivity contribution is -0.167. The van der Waals surface area contributed by atoms with Crippen LogP contribution in [0.1, 0.15) is 355 Å². The summed E-state index contributed by atoms with van der Waals surface area (Å²) in [4.78, 5) is 37.8. The molecule has 0 rings (SSSR count). The minimum absolute atomic E-state index is 0.0639. The number of carbonyl (C=O) groups excluding carboxylic acids is 3. The predicted molar refractivity (Wildman–Crippen MR) is 298 cm³/mol. The monoisotopic (exact) mass is 973 g/mol. The summed E-state index contributed by atoms with van der Waals surface area (Å²) < 4.78 is 16.8. The van der Waals surface area contributed by atoms with E-state index >= 15 is 0 Å². The van der Waals surface area contributed by atoms with Crippen LogP contribution in [0, 0.1) is 0 Å². The smallest absolute Gasteiger partial charge is 0.306 e.